The Kier molecular flexibility index (Phi) is 7.09. The Balaban J connectivity index is 0.000000155. The van der Waals surface area contributed by atoms with Crippen LogP contribution in [0.2, 0.25) is 10.0 Å². The lowest BCUT2D eigenvalue weighted by Gasteiger charge is -2.16. The lowest BCUT2D eigenvalue weighted by atomic mass is 10.1. The van der Waals surface area contributed by atoms with Crippen LogP contribution < -0.4 is 9.80 Å². The summed E-state index contributed by atoms with van der Waals surface area (Å²) in [6.45, 7) is 0.748. The maximum atomic E-state index is 12.0. The normalized spacial score (nSPS) is 13.8. The van der Waals surface area contributed by atoms with E-state index in [0.717, 1.165) is 11.1 Å². The molecule has 4 aromatic carbocycles. The van der Waals surface area contributed by atoms with Crippen molar-refractivity contribution >= 4 is 58.0 Å². The summed E-state index contributed by atoms with van der Waals surface area (Å²) in [6, 6.07) is 29.3. The van der Waals surface area contributed by atoms with Crippen molar-refractivity contribution in [2.45, 2.75) is 13.1 Å². The molecular formula is C30H20Cl2N2O4. The summed E-state index contributed by atoms with van der Waals surface area (Å²) >= 11 is 12.0. The van der Waals surface area contributed by atoms with Crippen molar-refractivity contribution in [3.05, 3.63) is 129 Å². The number of halogens is 2. The van der Waals surface area contributed by atoms with Gasteiger partial charge >= 0.3 is 0 Å². The molecule has 0 radical (unpaired) electrons. The number of ketones is 2. The number of carbonyl (C=O) groups is 4. The van der Waals surface area contributed by atoms with Crippen molar-refractivity contribution in [1.29, 1.82) is 0 Å². The average molecular weight is 543 g/mol. The Bertz CT molecular complexity index is 1450. The number of carbonyl (C=O) groups excluding carboxylic acids is 4. The highest BCUT2D eigenvalue weighted by molar-refractivity contribution is 6.55. The number of rotatable bonds is 4. The Morgan fingerprint density at radius 2 is 0.842 bits per heavy atom. The number of Topliss-reactive ketones (excluding diaryl/α,β-unsaturated/α-hetero) is 2. The topological polar surface area (TPSA) is 74.8 Å². The molecule has 8 heteroatoms. The van der Waals surface area contributed by atoms with E-state index in [1.54, 1.807) is 36.4 Å². The lowest BCUT2D eigenvalue weighted by molar-refractivity contribution is -0.115. The Labute approximate surface area is 229 Å². The molecule has 2 aliphatic heterocycles. The Morgan fingerprint density at radius 3 is 1.21 bits per heavy atom. The maximum Gasteiger partial charge on any atom is 0.299 e. The summed E-state index contributed by atoms with van der Waals surface area (Å²) in [5, 5.41) is 0.651. The summed E-state index contributed by atoms with van der Waals surface area (Å²) in [6.07, 6.45) is 0. The van der Waals surface area contributed by atoms with Crippen molar-refractivity contribution < 1.29 is 19.2 Å². The Hall–Kier alpha value is -4.26. The number of hydrogen-bond donors (Lipinski definition) is 0. The molecular weight excluding hydrogens is 523 g/mol. The number of hydrogen-bond acceptors (Lipinski definition) is 4. The van der Waals surface area contributed by atoms with E-state index in [1.165, 1.54) is 9.80 Å². The highest BCUT2D eigenvalue weighted by Gasteiger charge is 2.38. The zero-order valence-electron chi connectivity index (χ0n) is 19.9. The van der Waals surface area contributed by atoms with Crippen molar-refractivity contribution in [3.8, 4) is 0 Å². The van der Waals surface area contributed by atoms with Crippen molar-refractivity contribution in [2.75, 3.05) is 9.80 Å². The highest BCUT2D eigenvalue weighted by atomic mass is 35.5. The molecule has 0 fully saturated rings. The molecule has 0 aliphatic carbocycles. The third kappa shape index (κ3) is 4.72. The Morgan fingerprint density at radius 1 is 0.474 bits per heavy atom. The quantitative estimate of drug-likeness (QED) is 0.290. The van der Waals surface area contributed by atoms with Crippen LogP contribution in [0.4, 0.5) is 11.4 Å². The number of fused-ring (bicyclic) bond motifs is 2. The van der Waals surface area contributed by atoms with Crippen LogP contribution in [0.25, 0.3) is 0 Å². The molecule has 0 unspecified atom stereocenters. The first-order valence-electron chi connectivity index (χ1n) is 11.7. The predicted octanol–water partition coefficient (Wildman–Crippen LogP) is 6.14. The van der Waals surface area contributed by atoms with E-state index < -0.39 is 23.4 Å². The van der Waals surface area contributed by atoms with Gasteiger partial charge in [0.25, 0.3) is 23.4 Å². The van der Waals surface area contributed by atoms with Gasteiger partial charge in [-0.1, -0.05) is 96.0 Å². The standard InChI is InChI=1S/2C15H10ClNO2/c2*16-11-7-4-8-12-13(11)14(18)15(19)17(12)9-10-5-2-1-3-6-10/h2*1-8H,9H2. The van der Waals surface area contributed by atoms with Crippen LogP contribution in [0.15, 0.2) is 97.1 Å². The van der Waals surface area contributed by atoms with E-state index in [-0.39, 0.29) is 0 Å². The van der Waals surface area contributed by atoms with Crippen molar-refractivity contribution in [3.63, 3.8) is 0 Å². The molecule has 0 aromatic heterocycles. The monoisotopic (exact) mass is 542 g/mol. The summed E-state index contributed by atoms with van der Waals surface area (Å²) in [4.78, 5) is 50.9. The first kappa shape index (κ1) is 25.4. The molecule has 0 spiro atoms. The predicted molar refractivity (Wildman–Crippen MR) is 147 cm³/mol. The van der Waals surface area contributed by atoms with Crippen LogP contribution in [-0.2, 0) is 22.7 Å². The van der Waals surface area contributed by atoms with Gasteiger partial charge in [-0.15, -0.1) is 0 Å². The van der Waals surface area contributed by atoms with E-state index in [0.29, 0.717) is 45.6 Å². The van der Waals surface area contributed by atoms with E-state index in [1.807, 2.05) is 60.7 Å². The van der Waals surface area contributed by atoms with E-state index in [2.05, 4.69) is 0 Å². The molecule has 0 N–H and O–H groups in total. The average Bonchev–Trinajstić information content (AvgIpc) is 3.32. The summed E-state index contributed by atoms with van der Waals surface area (Å²) < 4.78 is 0. The van der Waals surface area contributed by atoms with Crippen LogP contribution in [-0.4, -0.2) is 23.4 Å². The summed E-state index contributed by atoms with van der Waals surface area (Å²) in [7, 11) is 0. The van der Waals surface area contributed by atoms with Gasteiger partial charge in [0.15, 0.2) is 0 Å². The maximum absolute atomic E-state index is 12.0. The molecule has 0 bridgehead atoms. The molecule has 2 aliphatic rings. The minimum atomic E-state index is -0.531. The van der Waals surface area contributed by atoms with E-state index >= 15 is 0 Å². The summed E-state index contributed by atoms with van der Waals surface area (Å²) in [5.74, 6) is -2.10. The molecule has 6 rings (SSSR count). The molecule has 2 heterocycles. The van der Waals surface area contributed by atoms with Gasteiger partial charge in [-0.2, -0.15) is 0 Å². The first-order valence-corrected chi connectivity index (χ1v) is 12.5. The largest absolute Gasteiger partial charge is 0.300 e. The zero-order valence-corrected chi connectivity index (χ0v) is 21.4. The van der Waals surface area contributed by atoms with Gasteiger partial charge in [0.1, 0.15) is 0 Å². The fourth-order valence-electron chi connectivity index (χ4n) is 4.45. The molecule has 6 nitrogen and oxygen atoms in total. The van der Waals surface area contributed by atoms with Crippen molar-refractivity contribution in [1.82, 2.24) is 0 Å². The molecule has 0 atom stereocenters. The molecule has 2 amide bonds. The fraction of sp³-hybridized carbons (Fsp3) is 0.0667. The number of benzene rings is 4. The molecule has 0 saturated heterocycles. The van der Waals surface area contributed by atoms with Crippen LogP contribution in [0.1, 0.15) is 31.8 Å². The van der Waals surface area contributed by atoms with Gasteiger partial charge in [-0.3, -0.25) is 19.2 Å². The van der Waals surface area contributed by atoms with Crippen LogP contribution in [0.5, 0.6) is 0 Å². The smallest absolute Gasteiger partial charge is 0.299 e. The van der Waals surface area contributed by atoms with Crippen molar-refractivity contribution in [2.24, 2.45) is 0 Å². The van der Waals surface area contributed by atoms with Gasteiger partial charge < -0.3 is 9.80 Å². The number of anilines is 2. The van der Waals surface area contributed by atoms with Crippen LogP contribution >= 0.6 is 23.2 Å². The van der Waals surface area contributed by atoms with Crippen LogP contribution in [0, 0.1) is 0 Å². The second-order valence-corrected chi connectivity index (χ2v) is 9.49. The second kappa shape index (κ2) is 10.6. The van der Waals surface area contributed by atoms with E-state index in [4.69, 9.17) is 23.2 Å². The minimum Gasteiger partial charge on any atom is -0.300 e. The number of nitrogens with zero attached hydrogens (tertiary/aromatic N) is 2. The molecule has 4 aromatic rings. The van der Waals surface area contributed by atoms with E-state index in [9.17, 15) is 19.2 Å². The SMILES string of the molecule is O=C1C(=O)N(Cc2ccccc2)c2cccc(Cl)c21.O=C1C(=O)N(Cc2ccccc2)c2cccc(Cl)c21. The van der Waals surface area contributed by atoms with Gasteiger partial charge in [-0.25, -0.2) is 0 Å². The third-order valence-electron chi connectivity index (χ3n) is 6.26. The van der Waals surface area contributed by atoms with Gasteiger partial charge in [-0.05, 0) is 35.4 Å². The fourth-order valence-corrected chi connectivity index (χ4v) is 4.96. The minimum absolute atomic E-state index is 0.310. The molecule has 0 saturated carbocycles. The van der Waals surface area contributed by atoms with Gasteiger partial charge in [0.05, 0.1) is 45.6 Å². The van der Waals surface area contributed by atoms with Crippen LogP contribution in [0.3, 0.4) is 0 Å². The number of amides is 2. The highest BCUT2D eigenvalue weighted by Crippen LogP contribution is 2.36. The lowest BCUT2D eigenvalue weighted by Crippen LogP contribution is -2.29. The van der Waals surface area contributed by atoms with Gasteiger partial charge in [0, 0.05) is 0 Å². The molecule has 188 valence electrons. The van der Waals surface area contributed by atoms with Gasteiger partial charge in [0.2, 0.25) is 0 Å². The summed E-state index contributed by atoms with van der Waals surface area (Å²) in [5.41, 5.74) is 3.74. The zero-order chi connectivity index (χ0) is 26.8. The molecule has 38 heavy (non-hydrogen) atoms. The third-order valence-corrected chi connectivity index (χ3v) is 6.89. The first-order chi connectivity index (χ1) is 18.4. The second-order valence-electron chi connectivity index (χ2n) is 8.68.